The summed E-state index contributed by atoms with van der Waals surface area (Å²) in [6.07, 6.45) is 6.12. The molecule has 0 spiro atoms. The van der Waals surface area contributed by atoms with Gasteiger partial charge in [-0.1, -0.05) is 41.2 Å². The van der Waals surface area contributed by atoms with E-state index in [1.54, 1.807) is 6.08 Å². The highest BCUT2D eigenvalue weighted by Gasteiger charge is 2.32. The molecule has 0 aromatic heterocycles. The van der Waals surface area contributed by atoms with E-state index in [1.165, 1.54) is 0 Å². The van der Waals surface area contributed by atoms with Crippen molar-refractivity contribution in [2.45, 2.75) is 19.3 Å². The molecule has 1 N–H and O–H groups in total. The standard InChI is InChI=1S/C13H17BrN2/c1-3-11(12(14)4-2)9-13(10-15)5-7-16-8-6-13/h3-4,16H,1-2,5-9H2/b12-11-. The Hall–Kier alpha value is -0.850. The van der Waals surface area contributed by atoms with Gasteiger partial charge in [0.25, 0.3) is 0 Å². The highest BCUT2D eigenvalue weighted by molar-refractivity contribution is 9.11. The average Bonchev–Trinajstić information content (AvgIpc) is 2.36. The van der Waals surface area contributed by atoms with Crippen LogP contribution in [0.5, 0.6) is 0 Å². The van der Waals surface area contributed by atoms with Crippen LogP contribution in [0.3, 0.4) is 0 Å². The van der Waals surface area contributed by atoms with Crippen molar-refractivity contribution in [1.29, 1.82) is 5.26 Å². The minimum atomic E-state index is -0.239. The fourth-order valence-electron chi connectivity index (χ4n) is 1.98. The predicted molar refractivity (Wildman–Crippen MR) is 71.1 cm³/mol. The number of rotatable bonds is 4. The van der Waals surface area contributed by atoms with Gasteiger partial charge < -0.3 is 5.32 Å². The molecular weight excluding hydrogens is 264 g/mol. The first-order valence-electron chi connectivity index (χ1n) is 5.43. The van der Waals surface area contributed by atoms with Crippen molar-refractivity contribution in [2.24, 2.45) is 5.41 Å². The topological polar surface area (TPSA) is 35.8 Å². The summed E-state index contributed by atoms with van der Waals surface area (Å²) in [5.41, 5.74) is 0.829. The second-order valence-electron chi connectivity index (χ2n) is 4.10. The molecule has 1 aliphatic rings. The number of nitrogens with zero attached hydrogens (tertiary/aromatic N) is 1. The fourth-order valence-corrected chi connectivity index (χ4v) is 2.29. The Morgan fingerprint density at radius 1 is 1.38 bits per heavy atom. The Kier molecular flexibility index (Phi) is 4.98. The lowest BCUT2D eigenvalue weighted by atomic mass is 9.75. The summed E-state index contributed by atoms with van der Waals surface area (Å²) < 4.78 is 0.940. The molecule has 1 fully saturated rings. The summed E-state index contributed by atoms with van der Waals surface area (Å²) in [5, 5.41) is 12.6. The summed E-state index contributed by atoms with van der Waals surface area (Å²) >= 11 is 3.45. The highest BCUT2D eigenvalue weighted by Crippen LogP contribution is 2.37. The first-order chi connectivity index (χ1) is 7.67. The van der Waals surface area contributed by atoms with Gasteiger partial charge in [0.05, 0.1) is 11.5 Å². The molecule has 0 bridgehead atoms. The van der Waals surface area contributed by atoms with Crippen molar-refractivity contribution in [2.75, 3.05) is 13.1 Å². The number of halogens is 1. The largest absolute Gasteiger partial charge is 0.317 e. The first-order valence-corrected chi connectivity index (χ1v) is 6.22. The van der Waals surface area contributed by atoms with Gasteiger partial charge in [-0.05, 0) is 37.9 Å². The number of piperidine rings is 1. The Labute approximate surface area is 106 Å². The summed E-state index contributed by atoms with van der Waals surface area (Å²) in [6, 6.07) is 2.48. The molecule has 3 heteroatoms. The molecule has 86 valence electrons. The molecule has 1 aliphatic heterocycles. The van der Waals surface area contributed by atoms with Crippen molar-refractivity contribution in [3.8, 4) is 6.07 Å². The van der Waals surface area contributed by atoms with E-state index >= 15 is 0 Å². The predicted octanol–water partition coefficient (Wildman–Crippen LogP) is 3.29. The van der Waals surface area contributed by atoms with E-state index in [0.717, 1.165) is 42.4 Å². The maximum absolute atomic E-state index is 9.36. The van der Waals surface area contributed by atoms with Crippen LogP contribution in [0.4, 0.5) is 0 Å². The third-order valence-electron chi connectivity index (χ3n) is 3.06. The van der Waals surface area contributed by atoms with Gasteiger partial charge in [0.2, 0.25) is 0 Å². The maximum atomic E-state index is 9.36. The second kappa shape index (κ2) is 6.03. The van der Waals surface area contributed by atoms with Gasteiger partial charge >= 0.3 is 0 Å². The van der Waals surface area contributed by atoms with Crippen LogP contribution in [-0.2, 0) is 0 Å². The fraction of sp³-hybridized carbons (Fsp3) is 0.462. The number of hydrogen-bond donors (Lipinski definition) is 1. The van der Waals surface area contributed by atoms with E-state index in [9.17, 15) is 5.26 Å². The maximum Gasteiger partial charge on any atom is 0.0694 e. The highest BCUT2D eigenvalue weighted by atomic mass is 79.9. The molecule has 1 rings (SSSR count). The van der Waals surface area contributed by atoms with Crippen molar-refractivity contribution >= 4 is 15.9 Å². The Morgan fingerprint density at radius 3 is 2.44 bits per heavy atom. The van der Waals surface area contributed by atoms with Crippen molar-refractivity contribution in [1.82, 2.24) is 5.32 Å². The molecule has 0 saturated carbocycles. The normalized spacial score (nSPS) is 20.5. The molecule has 0 aromatic rings. The summed E-state index contributed by atoms with van der Waals surface area (Å²) in [4.78, 5) is 0. The van der Waals surface area contributed by atoms with E-state index < -0.39 is 0 Å². The molecule has 0 aromatic carbocycles. The number of nitrogens with one attached hydrogen (secondary N) is 1. The molecule has 1 saturated heterocycles. The number of allylic oxidation sites excluding steroid dienone is 4. The monoisotopic (exact) mass is 280 g/mol. The van der Waals surface area contributed by atoms with Gasteiger partial charge in [0, 0.05) is 4.48 Å². The molecule has 0 unspecified atom stereocenters. The van der Waals surface area contributed by atoms with Crippen LogP contribution < -0.4 is 5.32 Å². The molecule has 2 nitrogen and oxygen atoms in total. The van der Waals surface area contributed by atoms with Gasteiger partial charge in [-0.2, -0.15) is 5.26 Å². The summed E-state index contributed by atoms with van der Waals surface area (Å²) in [6.45, 7) is 9.36. The zero-order chi connectivity index (χ0) is 12.0. The molecular formula is C13H17BrN2. The van der Waals surface area contributed by atoms with Gasteiger partial charge in [-0.25, -0.2) is 0 Å². The van der Waals surface area contributed by atoms with Crippen molar-refractivity contribution < 1.29 is 0 Å². The van der Waals surface area contributed by atoms with E-state index in [0.29, 0.717) is 0 Å². The first kappa shape index (κ1) is 13.2. The zero-order valence-electron chi connectivity index (χ0n) is 9.43. The average molecular weight is 281 g/mol. The smallest absolute Gasteiger partial charge is 0.0694 e. The Balaban J connectivity index is 2.87. The van der Waals surface area contributed by atoms with Gasteiger partial charge in [0.1, 0.15) is 0 Å². The summed E-state index contributed by atoms with van der Waals surface area (Å²) in [5.74, 6) is 0. The van der Waals surface area contributed by atoms with E-state index in [2.05, 4.69) is 40.5 Å². The van der Waals surface area contributed by atoms with Crippen LogP contribution in [0, 0.1) is 16.7 Å². The van der Waals surface area contributed by atoms with E-state index in [1.807, 2.05) is 6.08 Å². The van der Waals surface area contributed by atoms with Gasteiger partial charge in [0.15, 0.2) is 0 Å². The quantitative estimate of drug-likeness (QED) is 0.803. The molecule has 0 aliphatic carbocycles. The molecule has 0 amide bonds. The second-order valence-corrected chi connectivity index (χ2v) is 4.95. The minimum absolute atomic E-state index is 0.239. The van der Waals surface area contributed by atoms with Crippen LogP contribution in [0.25, 0.3) is 0 Å². The van der Waals surface area contributed by atoms with E-state index in [4.69, 9.17) is 0 Å². The van der Waals surface area contributed by atoms with Crippen LogP contribution in [0.15, 0.2) is 35.4 Å². The van der Waals surface area contributed by atoms with Gasteiger partial charge in [-0.3, -0.25) is 0 Å². The van der Waals surface area contributed by atoms with Crippen molar-refractivity contribution in [3.05, 3.63) is 35.4 Å². The van der Waals surface area contributed by atoms with Crippen LogP contribution in [0.2, 0.25) is 0 Å². The van der Waals surface area contributed by atoms with Crippen molar-refractivity contribution in [3.63, 3.8) is 0 Å². The third-order valence-corrected chi connectivity index (χ3v) is 3.89. The lowest BCUT2D eigenvalue weighted by Gasteiger charge is -2.31. The zero-order valence-corrected chi connectivity index (χ0v) is 11.0. The van der Waals surface area contributed by atoms with Crippen LogP contribution in [0.1, 0.15) is 19.3 Å². The number of nitriles is 1. The molecule has 1 heterocycles. The summed E-state index contributed by atoms with van der Waals surface area (Å²) in [7, 11) is 0. The van der Waals surface area contributed by atoms with Crippen LogP contribution >= 0.6 is 15.9 Å². The Morgan fingerprint density at radius 2 is 2.00 bits per heavy atom. The van der Waals surface area contributed by atoms with Gasteiger partial charge in [-0.15, -0.1) is 0 Å². The SMILES string of the molecule is C=C/C(Br)=C(\C=C)CC1(C#N)CCNCC1. The third kappa shape index (κ3) is 3.07. The lowest BCUT2D eigenvalue weighted by molar-refractivity contribution is 0.281. The Bertz CT molecular complexity index is 343. The molecule has 0 atom stereocenters. The number of hydrogen-bond acceptors (Lipinski definition) is 2. The van der Waals surface area contributed by atoms with Crippen LogP contribution in [-0.4, -0.2) is 13.1 Å². The minimum Gasteiger partial charge on any atom is -0.317 e. The van der Waals surface area contributed by atoms with E-state index in [-0.39, 0.29) is 5.41 Å². The molecule has 0 radical (unpaired) electrons. The molecule has 16 heavy (non-hydrogen) atoms. The lowest BCUT2D eigenvalue weighted by Crippen LogP contribution is -2.36.